The molecule has 2 atom stereocenters. The highest BCUT2D eigenvalue weighted by molar-refractivity contribution is 5.82. The number of hydrogen-bond donors (Lipinski definition) is 2. The van der Waals surface area contributed by atoms with Gasteiger partial charge in [0.2, 0.25) is 5.91 Å². The van der Waals surface area contributed by atoms with E-state index >= 15 is 0 Å². The summed E-state index contributed by atoms with van der Waals surface area (Å²) < 4.78 is 1.86. The zero-order valence-electron chi connectivity index (χ0n) is 14.6. The van der Waals surface area contributed by atoms with Gasteiger partial charge in [0.15, 0.2) is 0 Å². The molecule has 6 nitrogen and oxygen atoms in total. The maximum Gasteiger partial charge on any atom is 0.222 e. The number of carbonyl (C=O) groups is 1. The standard InChI is InChI=1S/C19H23N5O/c1-12-15(8-22-23(12)2)16-10-24(11-17(16)19(20)25)9-14-5-3-4-13-6-7-21-18(13)14/h3-8,16-17,21H,9-11H2,1-2H3,(H2,20,25)/t16-,17+/m1/s1. The third-order valence-corrected chi connectivity index (χ3v) is 5.50. The van der Waals surface area contributed by atoms with Crippen molar-refractivity contribution in [3.05, 3.63) is 53.5 Å². The van der Waals surface area contributed by atoms with Crippen LogP contribution in [0.3, 0.4) is 0 Å². The van der Waals surface area contributed by atoms with Gasteiger partial charge in [-0.3, -0.25) is 14.4 Å². The summed E-state index contributed by atoms with van der Waals surface area (Å²) in [7, 11) is 1.93. The Labute approximate surface area is 146 Å². The molecule has 1 fully saturated rings. The first kappa shape index (κ1) is 15.9. The van der Waals surface area contributed by atoms with Gasteiger partial charge in [-0.2, -0.15) is 5.10 Å². The molecule has 130 valence electrons. The van der Waals surface area contributed by atoms with Crippen molar-refractivity contribution in [3.8, 4) is 0 Å². The summed E-state index contributed by atoms with van der Waals surface area (Å²) in [4.78, 5) is 17.7. The highest BCUT2D eigenvalue weighted by atomic mass is 16.1. The normalized spacial score (nSPS) is 21.2. The van der Waals surface area contributed by atoms with Crippen LogP contribution in [0.5, 0.6) is 0 Å². The average molecular weight is 337 g/mol. The van der Waals surface area contributed by atoms with Crippen LogP contribution in [0.1, 0.15) is 22.7 Å². The first-order chi connectivity index (χ1) is 12.0. The number of primary amides is 1. The number of carbonyl (C=O) groups excluding carboxylic acids is 1. The minimum atomic E-state index is -0.228. The third kappa shape index (κ3) is 2.72. The highest BCUT2D eigenvalue weighted by Crippen LogP contribution is 2.35. The van der Waals surface area contributed by atoms with Gasteiger partial charge in [-0.15, -0.1) is 0 Å². The molecule has 6 heteroatoms. The molecule has 0 bridgehead atoms. The molecule has 4 rings (SSSR count). The summed E-state index contributed by atoms with van der Waals surface area (Å²) in [5, 5.41) is 5.55. The number of likely N-dealkylation sites (tertiary alicyclic amines) is 1. The summed E-state index contributed by atoms with van der Waals surface area (Å²) in [5.74, 6) is -0.298. The number of amides is 1. The Morgan fingerprint density at radius 3 is 2.92 bits per heavy atom. The summed E-state index contributed by atoms with van der Waals surface area (Å²) >= 11 is 0. The number of para-hydroxylation sites is 1. The highest BCUT2D eigenvalue weighted by Gasteiger charge is 2.38. The molecule has 1 saturated heterocycles. The second-order valence-electron chi connectivity index (χ2n) is 6.98. The number of rotatable bonds is 4. The number of nitrogens with one attached hydrogen (secondary N) is 1. The Morgan fingerprint density at radius 2 is 2.20 bits per heavy atom. The van der Waals surface area contributed by atoms with Gasteiger partial charge in [-0.05, 0) is 29.5 Å². The number of aromatic amines is 1. The van der Waals surface area contributed by atoms with Gasteiger partial charge in [-0.1, -0.05) is 18.2 Å². The fraction of sp³-hybridized carbons (Fsp3) is 0.368. The lowest BCUT2D eigenvalue weighted by Gasteiger charge is -2.16. The molecule has 0 aliphatic carbocycles. The first-order valence-electron chi connectivity index (χ1n) is 8.59. The summed E-state index contributed by atoms with van der Waals surface area (Å²) in [6.45, 7) is 4.35. The van der Waals surface area contributed by atoms with Gasteiger partial charge in [0.05, 0.1) is 12.1 Å². The Balaban J connectivity index is 1.61. The van der Waals surface area contributed by atoms with Crippen molar-refractivity contribution in [1.29, 1.82) is 0 Å². The zero-order valence-corrected chi connectivity index (χ0v) is 14.6. The van der Waals surface area contributed by atoms with Crippen LogP contribution in [-0.2, 0) is 18.4 Å². The smallest absolute Gasteiger partial charge is 0.222 e. The number of aryl methyl sites for hydroxylation is 1. The molecular weight excluding hydrogens is 314 g/mol. The summed E-state index contributed by atoms with van der Waals surface area (Å²) in [6.07, 6.45) is 3.84. The second-order valence-corrected chi connectivity index (χ2v) is 6.98. The predicted molar refractivity (Wildman–Crippen MR) is 96.9 cm³/mol. The molecule has 1 amide bonds. The van der Waals surface area contributed by atoms with Crippen molar-refractivity contribution in [1.82, 2.24) is 19.7 Å². The number of aromatic nitrogens is 3. The fourth-order valence-corrected chi connectivity index (χ4v) is 4.02. The number of benzene rings is 1. The minimum Gasteiger partial charge on any atom is -0.369 e. The van der Waals surface area contributed by atoms with Crippen molar-refractivity contribution >= 4 is 16.8 Å². The zero-order chi connectivity index (χ0) is 17.6. The number of hydrogen-bond acceptors (Lipinski definition) is 3. The van der Waals surface area contributed by atoms with Crippen molar-refractivity contribution < 1.29 is 4.79 Å². The van der Waals surface area contributed by atoms with E-state index < -0.39 is 0 Å². The van der Waals surface area contributed by atoms with E-state index in [-0.39, 0.29) is 17.7 Å². The number of nitrogens with two attached hydrogens (primary N) is 1. The van der Waals surface area contributed by atoms with Crippen LogP contribution in [-0.4, -0.2) is 38.7 Å². The predicted octanol–water partition coefficient (Wildman–Crippen LogP) is 1.91. The van der Waals surface area contributed by atoms with E-state index in [2.05, 4.69) is 39.2 Å². The van der Waals surface area contributed by atoms with E-state index in [4.69, 9.17) is 5.73 Å². The van der Waals surface area contributed by atoms with Gasteiger partial charge in [0.1, 0.15) is 0 Å². The van der Waals surface area contributed by atoms with E-state index in [1.54, 1.807) is 0 Å². The van der Waals surface area contributed by atoms with Gasteiger partial charge in [0.25, 0.3) is 0 Å². The molecule has 25 heavy (non-hydrogen) atoms. The number of H-pyrrole nitrogens is 1. The van der Waals surface area contributed by atoms with Crippen LogP contribution < -0.4 is 5.73 Å². The average Bonchev–Trinajstić information content (AvgIpc) is 3.28. The Bertz CT molecular complexity index is 925. The van der Waals surface area contributed by atoms with Crippen molar-refractivity contribution in [2.45, 2.75) is 19.4 Å². The van der Waals surface area contributed by atoms with Crippen LogP contribution in [0.4, 0.5) is 0 Å². The van der Waals surface area contributed by atoms with Crippen LogP contribution in [0.15, 0.2) is 36.7 Å². The molecule has 0 radical (unpaired) electrons. The maximum atomic E-state index is 12.0. The van der Waals surface area contributed by atoms with Gasteiger partial charge < -0.3 is 10.7 Å². The topological polar surface area (TPSA) is 79.9 Å². The largest absolute Gasteiger partial charge is 0.369 e. The Hall–Kier alpha value is -2.60. The van der Waals surface area contributed by atoms with Crippen LogP contribution >= 0.6 is 0 Å². The number of fused-ring (bicyclic) bond motifs is 1. The lowest BCUT2D eigenvalue weighted by molar-refractivity contribution is -0.121. The monoisotopic (exact) mass is 337 g/mol. The molecule has 3 N–H and O–H groups in total. The maximum absolute atomic E-state index is 12.0. The number of nitrogens with zero attached hydrogens (tertiary/aromatic N) is 3. The molecule has 0 spiro atoms. The molecule has 2 aromatic heterocycles. The third-order valence-electron chi connectivity index (χ3n) is 5.50. The van der Waals surface area contributed by atoms with Crippen molar-refractivity contribution in [2.75, 3.05) is 13.1 Å². The van der Waals surface area contributed by atoms with Crippen LogP contribution in [0, 0.1) is 12.8 Å². The van der Waals surface area contributed by atoms with Crippen molar-refractivity contribution in [3.63, 3.8) is 0 Å². The summed E-state index contributed by atoms with van der Waals surface area (Å²) in [6, 6.07) is 8.40. The van der Waals surface area contributed by atoms with E-state index in [9.17, 15) is 4.79 Å². The lowest BCUT2D eigenvalue weighted by Crippen LogP contribution is -2.29. The summed E-state index contributed by atoms with van der Waals surface area (Å²) in [5.41, 5.74) is 10.4. The SMILES string of the molecule is Cc1c([C@H]2CN(Cc3cccc4cc[nH]c34)C[C@@H]2C(N)=O)cnn1C. The molecular formula is C19H23N5O. The fourth-order valence-electron chi connectivity index (χ4n) is 4.02. The lowest BCUT2D eigenvalue weighted by atomic mass is 9.89. The van der Waals surface area contributed by atoms with E-state index in [1.807, 2.05) is 31.0 Å². The van der Waals surface area contributed by atoms with Gasteiger partial charge in [-0.25, -0.2) is 0 Å². The van der Waals surface area contributed by atoms with Crippen LogP contribution in [0.2, 0.25) is 0 Å². The van der Waals surface area contributed by atoms with E-state index in [1.165, 1.54) is 16.5 Å². The molecule has 1 aliphatic rings. The van der Waals surface area contributed by atoms with Crippen LogP contribution in [0.25, 0.3) is 10.9 Å². The Morgan fingerprint density at radius 1 is 1.36 bits per heavy atom. The minimum absolute atomic E-state index is 0.106. The molecule has 3 aromatic rings. The van der Waals surface area contributed by atoms with E-state index in [0.717, 1.165) is 24.3 Å². The quantitative estimate of drug-likeness (QED) is 0.763. The van der Waals surface area contributed by atoms with E-state index in [0.29, 0.717) is 6.54 Å². The molecule has 0 unspecified atom stereocenters. The van der Waals surface area contributed by atoms with Gasteiger partial charge in [0, 0.05) is 50.0 Å². The molecule has 3 heterocycles. The first-order valence-corrected chi connectivity index (χ1v) is 8.59. The molecule has 1 aromatic carbocycles. The van der Waals surface area contributed by atoms with Crippen molar-refractivity contribution in [2.24, 2.45) is 18.7 Å². The van der Waals surface area contributed by atoms with Gasteiger partial charge >= 0.3 is 0 Å². The molecule has 1 aliphatic heterocycles. The second kappa shape index (κ2) is 6.04. The molecule has 0 saturated carbocycles. The Kier molecular flexibility index (Phi) is 3.84.